The van der Waals surface area contributed by atoms with Crippen molar-refractivity contribution in [2.45, 2.75) is 31.8 Å². The van der Waals surface area contributed by atoms with E-state index in [4.69, 9.17) is 14.3 Å². The van der Waals surface area contributed by atoms with Gasteiger partial charge in [-0.15, -0.1) is 11.3 Å². The van der Waals surface area contributed by atoms with Crippen LogP contribution in [0.2, 0.25) is 0 Å². The molecule has 41 heavy (non-hydrogen) atoms. The first kappa shape index (κ1) is 29.6. The van der Waals surface area contributed by atoms with E-state index in [2.05, 4.69) is 15.6 Å². The number of aromatic nitrogens is 2. The van der Waals surface area contributed by atoms with Crippen LogP contribution in [0.5, 0.6) is 0 Å². The van der Waals surface area contributed by atoms with E-state index in [-0.39, 0.29) is 12.1 Å². The number of hydrogen-bond acceptors (Lipinski definition) is 8. The molecule has 2 aromatic heterocycles. The Kier molecular flexibility index (Phi) is 9.65. The van der Waals surface area contributed by atoms with E-state index < -0.39 is 34.4 Å². The minimum absolute atomic E-state index is 0.185. The van der Waals surface area contributed by atoms with Crippen LogP contribution in [0, 0.1) is 6.92 Å². The van der Waals surface area contributed by atoms with Crippen molar-refractivity contribution in [3.8, 4) is 10.6 Å². The molecule has 0 saturated heterocycles. The predicted octanol–water partition coefficient (Wildman–Crippen LogP) is 4.10. The van der Waals surface area contributed by atoms with E-state index in [9.17, 15) is 18.0 Å². The van der Waals surface area contributed by atoms with Gasteiger partial charge in [-0.05, 0) is 48.7 Å². The normalized spacial score (nSPS) is 12.7. The summed E-state index contributed by atoms with van der Waals surface area (Å²) in [6.45, 7) is 1.90. The summed E-state index contributed by atoms with van der Waals surface area (Å²) in [5.41, 5.74) is 4.13. The summed E-state index contributed by atoms with van der Waals surface area (Å²) >= 11 is 1.41. The van der Waals surface area contributed by atoms with E-state index in [0.29, 0.717) is 12.1 Å². The number of carbonyl (C=O) groups is 2. The molecule has 2 heterocycles. The summed E-state index contributed by atoms with van der Waals surface area (Å²) in [7, 11) is -3.18. The lowest BCUT2D eigenvalue weighted by Crippen LogP contribution is -2.49. The second-order valence-electron chi connectivity index (χ2n) is 9.18. The van der Waals surface area contributed by atoms with Crippen LogP contribution >= 0.6 is 11.3 Å². The molecule has 0 aliphatic carbocycles. The minimum Gasteiger partial charge on any atom is -0.453 e. The SMILES string of the molecule is COC(=O)N[C@@H](Cc1ccccc1)C(=O)N[C@@H](Cc1ccc(NS(=O)(=O)O)cc1)c1csc(-c2ccc(C)nc2)n1. The van der Waals surface area contributed by atoms with E-state index in [1.807, 2.05) is 59.5 Å². The van der Waals surface area contributed by atoms with Crippen molar-refractivity contribution in [3.63, 3.8) is 0 Å². The molecule has 0 unspecified atom stereocenters. The molecule has 11 nitrogen and oxygen atoms in total. The number of hydrogen-bond donors (Lipinski definition) is 4. The second kappa shape index (κ2) is 13.4. The van der Waals surface area contributed by atoms with Gasteiger partial charge in [-0.3, -0.25) is 19.1 Å². The fourth-order valence-corrected chi connectivity index (χ4v) is 5.33. The maximum atomic E-state index is 13.6. The topological polar surface area (TPSA) is 160 Å². The molecule has 0 fully saturated rings. The van der Waals surface area contributed by atoms with Crippen molar-refractivity contribution in [2.24, 2.45) is 0 Å². The highest BCUT2D eigenvalue weighted by molar-refractivity contribution is 7.87. The van der Waals surface area contributed by atoms with E-state index in [1.165, 1.54) is 30.6 Å². The first-order chi connectivity index (χ1) is 19.6. The molecule has 0 radical (unpaired) electrons. The Morgan fingerprint density at radius 1 is 0.976 bits per heavy atom. The summed E-state index contributed by atoms with van der Waals surface area (Å²) < 4.78 is 38.1. The van der Waals surface area contributed by atoms with Crippen molar-refractivity contribution >= 4 is 39.3 Å². The smallest absolute Gasteiger partial charge is 0.407 e. The summed E-state index contributed by atoms with van der Waals surface area (Å²) in [4.78, 5) is 34.8. The molecule has 0 saturated carbocycles. The van der Waals surface area contributed by atoms with Gasteiger partial charge in [-0.1, -0.05) is 42.5 Å². The second-order valence-corrected chi connectivity index (χ2v) is 11.2. The zero-order chi connectivity index (χ0) is 29.4. The van der Waals surface area contributed by atoms with Crippen LogP contribution in [-0.4, -0.2) is 48.1 Å². The Morgan fingerprint density at radius 3 is 2.32 bits per heavy atom. The van der Waals surface area contributed by atoms with Crippen molar-refractivity contribution in [2.75, 3.05) is 11.8 Å². The Morgan fingerprint density at radius 2 is 1.68 bits per heavy atom. The van der Waals surface area contributed by atoms with Crippen LogP contribution in [0.3, 0.4) is 0 Å². The van der Waals surface area contributed by atoms with Gasteiger partial charge in [0.2, 0.25) is 5.91 Å². The molecule has 2 atom stereocenters. The number of methoxy groups -OCH3 is 1. The number of nitrogens with one attached hydrogen (secondary N) is 3. The first-order valence-corrected chi connectivity index (χ1v) is 14.8. The molecule has 4 aromatic rings. The van der Waals surface area contributed by atoms with Gasteiger partial charge < -0.3 is 15.4 Å². The highest BCUT2D eigenvalue weighted by Crippen LogP contribution is 2.28. The summed E-state index contributed by atoms with van der Waals surface area (Å²) in [6.07, 6.45) is 1.55. The van der Waals surface area contributed by atoms with Crippen molar-refractivity contribution in [1.82, 2.24) is 20.6 Å². The lowest BCUT2D eigenvalue weighted by molar-refractivity contribution is -0.123. The molecule has 0 bridgehead atoms. The van der Waals surface area contributed by atoms with Crippen LogP contribution in [0.15, 0.2) is 78.3 Å². The molecule has 0 aliphatic rings. The first-order valence-electron chi connectivity index (χ1n) is 12.5. The van der Waals surface area contributed by atoms with Gasteiger partial charge in [-0.2, -0.15) is 8.42 Å². The molecule has 2 aromatic carbocycles. The zero-order valence-corrected chi connectivity index (χ0v) is 23.9. The highest BCUT2D eigenvalue weighted by Gasteiger charge is 2.26. The number of amides is 2. The number of carbonyl (C=O) groups excluding carboxylic acids is 2. The molecule has 0 spiro atoms. The molecule has 0 aliphatic heterocycles. The number of pyridine rings is 1. The van der Waals surface area contributed by atoms with Crippen LogP contribution in [-0.2, 0) is 32.7 Å². The molecule has 2 amide bonds. The number of aryl methyl sites for hydroxylation is 1. The van der Waals surface area contributed by atoms with Gasteiger partial charge in [0, 0.05) is 29.3 Å². The van der Waals surface area contributed by atoms with Crippen LogP contribution < -0.4 is 15.4 Å². The van der Waals surface area contributed by atoms with Crippen molar-refractivity contribution < 1.29 is 27.3 Å². The van der Waals surface area contributed by atoms with Crippen LogP contribution in [0.25, 0.3) is 10.6 Å². The number of nitrogens with zero attached hydrogens (tertiary/aromatic N) is 2. The third-order valence-electron chi connectivity index (χ3n) is 6.07. The Labute approximate surface area is 241 Å². The van der Waals surface area contributed by atoms with E-state index in [1.54, 1.807) is 18.3 Å². The van der Waals surface area contributed by atoms with Crippen LogP contribution in [0.4, 0.5) is 10.5 Å². The van der Waals surface area contributed by atoms with Gasteiger partial charge in [0.25, 0.3) is 0 Å². The van der Waals surface area contributed by atoms with E-state index in [0.717, 1.165) is 27.4 Å². The Hall–Kier alpha value is -4.33. The molecule has 13 heteroatoms. The lowest BCUT2D eigenvalue weighted by atomic mass is 10.0. The fraction of sp³-hybridized carbons (Fsp3) is 0.214. The lowest BCUT2D eigenvalue weighted by Gasteiger charge is -2.23. The Bertz CT molecular complexity index is 1580. The fourth-order valence-electron chi connectivity index (χ4n) is 4.03. The van der Waals surface area contributed by atoms with Crippen molar-refractivity contribution in [1.29, 1.82) is 0 Å². The summed E-state index contributed by atoms with van der Waals surface area (Å²) in [5, 5.41) is 8.22. The third kappa shape index (κ3) is 8.83. The molecule has 214 valence electrons. The molecule has 4 N–H and O–H groups in total. The van der Waals surface area contributed by atoms with Gasteiger partial charge in [0.05, 0.1) is 24.5 Å². The van der Waals surface area contributed by atoms with Gasteiger partial charge >= 0.3 is 16.4 Å². The molecule has 4 rings (SSSR count). The minimum atomic E-state index is -4.41. The highest BCUT2D eigenvalue weighted by atomic mass is 32.2. The number of anilines is 1. The molecular weight excluding hydrogens is 566 g/mol. The average molecular weight is 596 g/mol. The quantitative estimate of drug-likeness (QED) is 0.189. The number of benzene rings is 2. The van der Waals surface area contributed by atoms with E-state index >= 15 is 0 Å². The standard InChI is InChI=1S/C28H29N5O6S2/c1-18-8-11-21(16-29-18)27-31-25(17-40-27)23(14-20-9-12-22(13-10-20)33-41(36,37)38)30-26(34)24(32-28(35)39-2)15-19-6-4-3-5-7-19/h3-13,16-17,23-24,33H,14-15H2,1-2H3,(H,30,34)(H,32,35)(H,36,37,38)/t23-,24-/m0/s1. The average Bonchev–Trinajstić information content (AvgIpc) is 3.44. The number of alkyl carbamates (subject to hydrolysis) is 1. The van der Waals surface area contributed by atoms with Gasteiger partial charge in [-0.25, -0.2) is 9.78 Å². The van der Waals surface area contributed by atoms with Gasteiger partial charge in [0.15, 0.2) is 0 Å². The maximum absolute atomic E-state index is 13.6. The number of ether oxygens (including phenoxy) is 1. The maximum Gasteiger partial charge on any atom is 0.407 e. The third-order valence-corrected chi connectivity index (χ3v) is 7.47. The zero-order valence-electron chi connectivity index (χ0n) is 22.3. The van der Waals surface area contributed by atoms with Gasteiger partial charge in [0.1, 0.15) is 11.0 Å². The largest absolute Gasteiger partial charge is 0.453 e. The Balaban J connectivity index is 1.61. The molecular formula is C28H29N5O6S2. The van der Waals surface area contributed by atoms with Crippen LogP contribution in [0.1, 0.15) is 28.6 Å². The summed E-state index contributed by atoms with van der Waals surface area (Å²) in [5.74, 6) is -0.430. The van der Waals surface area contributed by atoms with Crippen molar-refractivity contribution in [3.05, 3.63) is 101 Å². The summed E-state index contributed by atoms with van der Waals surface area (Å²) in [6, 6.07) is 18.0. The number of rotatable bonds is 11. The monoisotopic (exact) mass is 595 g/mol. The predicted molar refractivity (Wildman–Crippen MR) is 156 cm³/mol. The number of thiazole rings is 1.